The van der Waals surface area contributed by atoms with E-state index in [9.17, 15) is 26.7 Å². The van der Waals surface area contributed by atoms with Crippen LogP contribution in [0.1, 0.15) is 53.6 Å². The van der Waals surface area contributed by atoms with E-state index in [1.807, 2.05) is 0 Å². The van der Waals surface area contributed by atoms with E-state index in [4.69, 9.17) is 0 Å². The molecular formula is C20H17F5N6O. The first-order valence-corrected chi connectivity index (χ1v) is 9.51. The van der Waals surface area contributed by atoms with Crippen molar-refractivity contribution < 1.29 is 26.7 Å². The number of rotatable bonds is 5. The molecule has 12 heteroatoms. The average molecular weight is 452 g/mol. The Labute approximate surface area is 178 Å². The van der Waals surface area contributed by atoms with Crippen LogP contribution in [0.25, 0.3) is 5.95 Å². The number of benzene rings is 1. The number of alkyl halides is 5. The molecule has 0 saturated heterocycles. The molecule has 3 aromatic rings. The molecule has 1 aliphatic rings. The van der Waals surface area contributed by atoms with Crippen LogP contribution < -0.4 is 5.32 Å². The molecule has 2 heterocycles. The fourth-order valence-corrected chi connectivity index (χ4v) is 3.40. The largest absolute Gasteiger partial charge is 0.416 e. The molecule has 1 fully saturated rings. The predicted molar refractivity (Wildman–Crippen MR) is 101 cm³/mol. The van der Waals surface area contributed by atoms with Crippen molar-refractivity contribution in [2.75, 3.05) is 0 Å². The molecule has 32 heavy (non-hydrogen) atoms. The zero-order valence-electron chi connectivity index (χ0n) is 16.9. The quantitative estimate of drug-likeness (QED) is 0.595. The summed E-state index contributed by atoms with van der Waals surface area (Å²) < 4.78 is 69.1. The van der Waals surface area contributed by atoms with Crippen LogP contribution in [0.3, 0.4) is 0 Å². The molecule has 2 unspecified atom stereocenters. The minimum absolute atomic E-state index is 0.186. The highest BCUT2D eigenvalue weighted by Gasteiger charge is 2.68. The van der Waals surface area contributed by atoms with Crippen LogP contribution in [0.2, 0.25) is 0 Å². The number of hydrogen-bond acceptors (Lipinski definition) is 5. The lowest BCUT2D eigenvalue weighted by Crippen LogP contribution is -2.29. The van der Waals surface area contributed by atoms with Crippen molar-refractivity contribution >= 4 is 5.91 Å². The second kappa shape index (κ2) is 7.31. The Morgan fingerprint density at radius 1 is 1.16 bits per heavy atom. The van der Waals surface area contributed by atoms with Gasteiger partial charge in [-0.2, -0.15) is 23.0 Å². The molecular weight excluding hydrogens is 435 g/mol. The number of amides is 1. The lowest BCUT2D eigenvalue weighted by Gasteiger charge is -2.18. The smallest absolute Gasteiger partial charge is 0.342 e. The summed E-state index contributed by atoms with van der Waals surface area (Å²) in [5.41, 5.74) is -3.54. The van der Waals surface area contributed by atoms with Crippen LogP contribution in [0, 0.1) is 0 Å². The Kier molecular flexibility index (Phi) is 4.98. The molecule has 0 spiro atoms. The van der Waals surface area contributed by atoms with E-state index < -0.39 is 41.4 Å². The molecule has 1 aliphatic carbocycles. The van der Waals surface area contributed by atoms with Crippen molar-refractivity contribution in [2.24, 2.45) is 0 Å². The maximum atomic E-state index is 13.8. The van der Waals surface area contributed by atoms with Gasteiger partial charge in [-0.15, -0.1) is 0 Å². The van der Waals surface area contributed by atoms with E-state index in [0.717, 1.165) is 6.07 Å². The number of halogens is 5. The van der Waals surface area contributed by atoms with Gasteiger partial charge in [-0.1, -0.05) is 0 Å². The van der Waals surface area contributed by atoms with E-state index in [0.29, 0.717) is 12.1 Å². The molecule has 0 aliphatic heterocycles. The highest BCUT2D eigenvalue weighted by Crippen LogP contribution is 2.61. The minimum atomic E-state index is -4.80. The summed E-state index contributed by atoms with van der Waals surface area (Å²) >= 11 is 0. The Morgan fingerprint density at radius 2 is 1.81 bits per heavy atom. The van der Waals surface area contributed by atoms with Crippen LogP contribution in [-0.4, -0.2) is 36.6 Å². The van der Waals surface area contributed by atoms with Gasteiger partial charge in [0.15, 0.2) is 5.82 Å². The Morgan fingerprint density at radius 3 is 2.41 bits per heavy atom. The molecule has 0 bridgehead atoms. The third kappa shape index (κ3) is 3.80. The average Bonchev–Trinajstić information content (AvgIpc) is 3.08. The van der Waals surface area contributed by atoms with Gasteiger partial charge in [0.1, 0.15) is 6.33 Å². The molecule has 4 rings (SSSR count). The maximum Gasteiger partial charge on any atom is 0.416 e. The maximum absolute atomic E-state index is 13.8. The third-order valence-corrected chi connectivity index (χ3v) is 5.47. The monoisotopic (exact) mass is 452 g/mol. The molecule has 2 atom stereocenters. The minimum Gasteiger partial charge on any atom is -0.342 e. The molecule has 2 aromatic heterocycles. The first kappa shape index (κ1) is 21.8. The number of carbonyl (C=O) groups excluding carboxylic acids is 1. The highest BCUT2D eigenvalue weighted by atomic mass is 19.4. The summed E-state index contributed by atoms with van der Waals surface area (Å²) in [7, 11) is 0. The van der Waals surface area contributed by atoms with Gasteiger partial charge in [-0.25, -0.2) is 23.7 Å². The number of nitrogens with zero attached hydrogens (tertiary/aromatic N) is 5. The van der Waals surface area contributed by atoms with Crippen LogP contribution in [-0.2, 0) is 11.6 Å². The van der Waals surface area contributed by atoms with Crippen LogP contribution in [0.15, 0.2) is 43.0 Å². The van der Waals surface area contributed by atoms with Crippen LogP contribution >= 0.6 is 0 Å². The topological polar surface area (TPSA) is 85.6 Å². The van der Waals surface area contributed by atoms with E-state index in [1.54, 1.807) is 13.0 Å². The van der Waals surface area contributed by atoms with Gasteiger partial charge in [0, 0.05) is 24.4 Å². The number of aromatic nitrogens is 5. The summed E-state index contributed by atoms with van der Waals surface area (Å²) in [5, 5.41) is 6.54. The molecule has 7 nitrogen and oxygen atoms in total. The second-order valence-corrected chi connectivity index (χ2v) is 7.78. The van der Waals surface area contributed by atoms with Gasteiger partial charge in [0.2, 0.25) is 0 Å². The van der Waals surface area contributed by atoms with E-state index >= 15 is 0 Å². The molecule has 1 aromatic carbocycles. The van der Waals surface area contributed by atoms with E-state index in [-0.39, 0.29) is 22.9 Å². The van der Waals surface area contributed by atoms with Gasteiger partial charge >= 0.3 is 6.18 Å². The van der Waals surface area contributed by atoms with Crippen molar-refractivity contribution in [3.05, 3.63) is 65.5 Å². The van der Waals surface area contributed by atoms with Gasteiger partial charge in [0.25, 0.3) is 17.8 Å². The lowest BCUT2D eigenvalue weighted by atomic mass is 9.93. The van der Waals surface area contributed by atoms with Crippen molar-refractivity contribution in [1.82, 2.24) is 30.0 Å². The zero-order valence-corrected chi connectivity index (χ0v) is 16.9. The summed E-state index contributed by atoms with van der Waals surface area (Å²) in [6, 6.07) is 3.18. The molecule has 1 amide bonds. The number of nitrogens with one attached hydrogen (secondary N) is 1. The van der Waals surface area contributed by atoms with Crippen molar-refractivity contribution in [1.29, 1.82) is 0 Å². The summed E-state index contributed by atoms with van der Waals surface area (Å²) in [5.74, 6) is -3.59. The van der Waals surface area contributed by atoms with E-state index in [2.05, 4.69) is 25.4 Å². The first-order valence-electron chi connectivity index (χ1n) is 9.51. The SMILES string of the molecule is CC(NC(=O)c1cc(C(F)(F)F)cc(C2(C)CC2(F)F)c1)c1ncnn1-c1ncccn1. The molecule has 1 saturated carbocycles. The highest BCUT2D eigenvalue weighted by molar-refractivity contribution is 5.95. The summed E-state index contributed by atoms with van der Waals surface area (Å²) in [6.07, 6.45) is -1.21. The Hall–Kier alpha value is -3.44. The van der Waals surface area contributed by atoms with Gasteiger partial charge in [0.05, 0.1) is 17.0 Å². The van der Waals surface area contributed by atoms with Crippen molar-refractivity contribution in [2.45, 2.75) is 43.8 Å². The fourth-order valence-electron chi connectivity index (χ4n) is 3.40. The van der Waals surface area contributed by atoms with Crippen LogP contribution in [0.5, 0.6) is 0 Å². The lowest BCUT2D eigenvalue weighted by molar-refractivity contribution is -0.137. The molecule has 1 N–H and O–H groups in total. The fraction of sp³-hybridized carbons (Fsp3) is 0.350. The Bertz CT molecular complexity index is 1160. The van der Waals surface area contributed by atoms with Crippen molar-refractivity contribution in [3.8, 4) is 5.95 Å². The second-order valence-electron chi connectivity index (χ2n) is 7.78. The van der Waals surface area contributed by atoms with Crippen LogP contribution in [0.4, 0.5) is 22.0 Å². The molecule has 0 radical (unpaired) electrons. The first-order chi connectivity index (χ1) is 14.9. The summed E-state index contributed by atoms with van der Waals surface area (Å²) in [6.45, 7) is 2.72. The normalized spacial score (nSPS) is 20.6. The van der Waals surface area contributed by atoms with Crippen molar-refractivity contribution in [3.63, 3.8) is 0 Å². The summed E-state index contributed by atoms with van der Waals surface area (Å²) in [4.78, 5) is 24.9. The standard InChI is InChI=1S/C20H17F5N6O/c1-11(15-28-10-29-31(15)17-26-4-3-5-27-17)30-16(32)12-6-13(18(2)9-19(18,21)22)8-14(7-12)20(23,24)25/h3-8,10-11H,9H2,1-2H3,(H,30,32). The number of carbonyl (C=O) groups is 1. The Balaban J connectivity index is 1.64. The zero-order chi connectivity index (χ0) is 23.3. The predicted octanol–water partition coefficient (Wildman–Crippen LogP) is 3.86. The van der Waals surface area contributed by atoms with Gasteiger partial charge in [-0.05, 0) is 43.7 Å². The van der Waals surface area contributed by atoms with Gasteiger partial charge in [-0.3, -0.25) is 4.79 Å². The van der Waals surface area contributed by atoms with E-state index in [1.165, 1.54) is 30.3 Å². The molecule has 168 valence electrons. The van der Waals surface area contributed by atoms with Gasteiger partial charge < -0.3 is 5.32 Å². The third-order valence-electron chi connectivity index (χ3n) is 5.47. The number of hydrogen-bond donors (Lipinski definition) is 1.